The molecule has 0 fully saturated rings. The highest BCUT2D eigenvalue weighted by Gasteiger charge is 2.20. The lowest BCUT2D eigenvalue weighted by Gasteiger charge is -2.22. The van der Waals surface area contributed by atoms with E-state index in [-0.39, 0.29) is 11.8 Å². The predicted octanol–water partition coefficient (Wildman–Crippen LogP) is 4.04. The Kier molecular flexibility index (Phi) is 5.85. The number of methoxy groups -OCH3 is 1. The fourth-order valence-electron chi connectivity index (χ4n) is 2.74. The molecule has 1 unspecified atom stereocenters. The van der Waals surface area contributed by atoms with Crippen LogP contribution in [0.2, 0.25) is 0 Å². The van der Waals surface area contributed by atoms with Crippen LogP contribution in [0.25, 0.3) is 0 Å². The molecule has 0 radical (unpaired) electrons. The molecule has 2 aromatic rings. The zero-order valence-corrected chi connectivity index (χ0v) is 14.3. The molecule has 1 N–H and O–H groups in total. The highest BCUT2D eigenvalue weighted by Crippen LogP contribution is 2.31. The van der Waals surface area contributed by atoms with Crippen molar-refractivity contribution in [3.05, 3.63) is 53.5 Å². The molecule has 0 aliphatic carbocycles. The molecule has 0 saturated carbocycles. The molecule has 23 heavy (non-hydrogen) atoms. The summed E-state index contributed by atoms with van der Waals surface area (Å²) in [7, 11) is 1.67. The standard InChI is InChI=1S/C19H25NO3/c1-13(2)17(15-7-8-18(22-4)14(3)10-15)11-19(21)20-12-16-6-5-9-23-16/h5-10,13,17H,11-12H2,1-4H3,(H,20,21). The second kappa shape index (κ2) is 7.86. The van der Waals surface area contributed by atoms with Crippen molar-refractivity contribution in [3.63, 3.8) is 0 Å². The number of hydrogen-bond acceptors (Lipinski definition) is 3. The first kappa shape index (κ1) is 17.1. The first-order valence-electron chi connectivity index (χ1n) is 7.95. The quantitative estimate of drug-likeness (QED) is 0.839. The van der Waals surface area contributed by atoms with Gasteiger partial charge in [0.05, 0.1) is 19.9 Å². The average molecular weight is 315 g/mol. The highest BCUT2D eigenvalue weighted by molar-refractivity contribution is 5.76. The van der Waals surface area contributed by atoms with Gasteiger partial charge >= 0.3 is 0 Å². The molecule has 1 aromatic carbocycles. The van der Waals surface area contributed by atoms with Crippen molar-refractivity contribution in [3.8, 4) is 5.75 Å². The molecular weight excluding hydrogens is 290 g/mol. The number of benzene rings is 1. The average Bonchev–Trinajstić information content (AvgIpc) is 3.03. The van der Waals surface area contributed by atoms with Gasteiger partial charge in [0.1, 0.15) is 11.5 Å². The van der Waals surface area contributed by atoms with Crippen LogP contribution in [-0.4, -0.2) is 13.0 Å². The van der Waals surface area contributed by atoms with Gasteiger partial charge in [-0.1, -0.05) is 26.0 Å². The smallest absolute Gasteiger partial charge is 0.220 e. The maximum absolute atomic E-state index is 12.3. The summed E-state index contributed by atoms with van der Waals surface area (Å²) in [6, 6.07) is 9.81. The molecule has 1 atom stereocenters. The Morgan fingerprint density at radius 3 is 2.65 bits per heavy atom. The summed E-state index contributed by atoms with van der Waals surface area (Å²) in [6.07, 6.45) is 2.07. The normalized spacial score (nSPS) is 12.2. The number of carbonyl (C=O) groups excluding carboxylic acids is 1. The van der Waals surface area contributed by atoms with Crippen LogP contribution >= 0.6 is 0 Å². The third kappa shape index (κ3) is 4.62. The minimum atomic E-state index is 0.0357. The van der Waals surface area contributed by atoms with E-state index in [1.54, 1.807) is 13.4 Å². The van der Waals surface area contributed by atoms with Crippen LogP contribution < -0.4 is 10.1 Å². The third-order valence-corrected chi connectivity index (χ3v) is 4.10. The number of amides is 1. The van der Waals surface area contributed by atoms with E-state index in [1.807, 2.05) is 25.1 Å². The van der Waals surface area contributed by atoms with Crippen molar-refractivity contribution in [1.29, 1.82) is 0 Å². The van der Waals surface area contributed by atoms with E-state index in [1.165, 1.54) is 5.56 Å². The zero-order chi connectivity index (χ0) is 16.8. The van der Waals surface area contributed by atoms with E-state index >= 15 is 0 Å². The number of carbonyl (C=O) groups is 1. The first-order chi connectivity index (χ1) is 11.0. The Hall–Kier alpha value is -2.23. The molecule has 0 bridgehead atoms. The van der Waals surface area contributed by atoms with Crippen molar-refractivity contribution in [1.82, 2.24) is 5.32 Å². The molecule has 2 rings (SSSR count). The number of furan rings is 1. The second-order valence-electron chi connectivity index (χ2n) is 6.14. The molecule has 0 saturated heterocycles. The van der Waals surface area contributed by atoms with Crippen molar-refractivity contribution in [2.75, 3.05) is 7.11 Å². The first-order valence-corrected chi connectivity index (χ1v) is 7.95. The lowest BCUT2D eigenvalue weighted by atomic mass is 9.85. The Morgan fingerprint density at radius 1 is 1.30 bits per heavy atom. The maximum atomic E-state index is 12.3. The van der Waals surface area contributed by atoms with Gasteiger partial charge in [0.15, 0.2) is 0 Å². The topological polar surface area (TPSA) is 51.5 Å². The zero-order valence-electron chi connectivity index (χ0n) is 14.3. The minimum absolute atomic E-state index is 0.0357. The largest absolute Gasteiger partial charge is 0.496 e. The molecule has 1 amide bonds. The monoisotopic (exact) mass is 315 g/mol. The predicted molar refractivity (Wildman–Crippen MR) is 90.5 cm³/mol. The lowest BCUT2D eigenvalue weighted by Crippen LogP contribution is -2.25. The lowest BCUT2D eigenvalue weighted by molar-refractivity contribution is -0.121. The number of hydrogen-bond donors (Lipinski definition) is 1. The van der Waals surface area contributed by atoms with Crippen molar-refractivity contribution in [2.45, 2.75) is 39.7 Å². The molecule has 0 aliphatic rings. The van der Waals surface area contributed by atoms with Crippen LogP contribution in [0, 0.1) is 12.8 Å². The fraction of sp³-hybridized carbons (Fsp3) is 0.421. The maximum Gasteiger partial charge on any atom is 0.220 e. The van der Waals surface area contributed by atoms with Crippen molar-refractivity contribution < 1.29 is 13.9 Å². The number of ether oxygens (including phenoxy) is 1. The van der Waals surface area contributed by atoms with E-state index in [0.717, 1.165) is 17.1 Å². The van der Waals surface area contributed by atoms with E-state index in [9.17, 15) is 4.79 Å². The summed E-state index contributed by atoms with van der Waals surface area (Å²) in [5.74, 6) is 2.22. The van der Waals surface area contributed by atoms with Crippen LogP contribution in [0.5, 0.6) is 5.75 Å². The highest BCUT2D eigenvalue weighted by atomic mass is 16.5. The Balaban J connectivity index is 2.03. The van der Waals surface area contributed by atoms with E-state index in [4.69, 9.17) is 9.15 Å². The molecule has 4 heteroatoms. The SMILES string of the molecule is COc1ccc(C(CC(=O)NCc2ccco2)C(C)C)cc1C. The molecule has 0 aliphatic heterocycles. The molecule has 0 spiro atoms. The van der Waals surface area contributed by atoms with Crippen LogP contribution in [-0.2, 0) is 11.3 Å². The Labute approximate surface area is 137 Å². The van der Waals surface area contributed by atoms with Gasteiger partial charge in [-0.05, 0) is 48.1 Å². The van der Waals surface area contributed by atoms with Crippen LogP contribution in [0.1, 0.15) is 43.1 Å². The molecule has 4 nitrogen and oxygen atoms in total. The van der Waals surface area contributed by atoms with E-state index in [0.29, 0.717) is 18.9 Å². The molecular formula is C19H25NO3. The van der Waals surface area contributed by atoms with Crippen molar-refractivity contribution in [2.24, 2.45) is 5.92 Å². The molecule has 1 heterocycles. The van der Waals surface area contributed by atoms with Crippen LogP contribution in [0.15, 0.2) is 41.0 Å². The summed E-state index contributed by atoms with van der Waals surface area (Å²) < 4.78 is 10.5. The van der Waals surface area contributed by atoms with Gasteiger partial charge in [0, 0.05) is 6.42 Å². The summed E-state index contributed by atoms with van der Waals surface area (Å²) in [5.41, 5.74) is 2.26. The van der Waals surface area contributed by atoms with Crippen LogP contribution in [0.4, 0.5) is 0 Å². The van der Waals surface area contributed by atoms with Gasteiger partial charge in [-0.3, -0.25) is 4.79 Å². The molecule has 124 valence electrons. The minimum Gasteiger partial charge on any atom is -0.496 e. The van der Waals surface area contributed by atoms with Crippen molar-refractivity contribution >= 4 is 5.91 Å². The summed E-state index contributed by atoms with van der Waals surface area (Å²) in [4.78, 5) is 12.3. The number of aryl methyl sites for hydroxylation is 1. The van der Waals surface area contributed by atoms with Gasteiger partial charge in [0.25, 0.3) is 0 Å². The van der Waals surface area contributed by atoms with Gasteiger partial charge in [-0.25, -0.2) is 0 Å². The van der Waals surface area contributed by atoms with Gasteiger partial charge in [-0.15, -0.1) is 0 Å². The Morgan fingerprint density at radius 2 is 2.09 bits per heavy atom. The van der Waals surface area contributed by atoms with Gasteiger partial charge < -0.3 is 14.5 Å². The fourth-order valence-corrected chi connectivity index (χ4v) is 2.74. The summed E-state index contributed by atoms with van der Waals surface area (Å²) >= 11 is 0. The third-order valence-electron chi connectivity index (χ3n) is 4.10. The van der Waals surface area contributed by atoms with Gasteiger partial charge in [-0.2, -0.15) is 0 Å². The number of nitrogens with one attached hydrogen (secondary N) is 1. The van der Waals surface area contributed by atoms with Crippen LogP contribution in [0.3, 0.4) is 0 Å². The molecule has 1 aromatic heterocycles. The van der Waals surface area contributed by atoms with E-state index < -0.39 is 0 Å². The summed E-state index contributed by atoms with van der Waals surface area (Å²) in [6.45, 7) is 6.74. The van der Waals surface area contributed by atoms with E-state index in [2.05, 4.69) is 31.3 Å². The Bertz CT molecular complexity index is 632. The van der Waals surface area contributed by atoms with Gasteiger partial charge in [0.2, 0.25) is 5.91 Å². The second-order valence-corrected chi connectivity index (χ2v) is 6.14. The summed E-state index contributed by atoms with van der Waals surface area (Å²) in [5, 5.41) is 2.92. The number of rotatable bonds is 7.